The van der Waals surface area contributed by atoms with Crippen LogP contribution in [0.25, 0.3) is 0 Å². The highest BCUT2D eigenvalue weighted by atomic mass is 14.9. The van der Waals surface area contributed by atoms with Gasteiger partial charge < -0.3 is 5.32 Å². The van der Waals surface area contributed by atoms with Gasteiger partial charge in [-0.1, -0.05) is 39.0 Å². The molecule has 1 heteroatoms. The molecule has 0 aromatic carbocycles. The Bertz CT molecular complexity index is 149. The SMILES string of the molecule is CC1CNCC(C2CCCCC2)C1. The lowest BCUT2D eigenvalue weighted by atomic mass is 9.75. The molecule has 1 saturated heterocycles. The first-order chi connectivity index (χ1) is 6.36. The largest absolute Gasteiger partial charge is 0.316 e. The van der Waals surface area contributed by atoms with Gasteiger partial charge in [0, 0.05) is 0 Å². The lowest BCUT2D eigenvalue weighted by molar-refractivity contribution is 0.180. The lowest BCUT2D eigenvalue weighted by Gasteiger charge is -2.35. The molecule has 0 radical (unpaired) electrons. The molecule has 1 aliphatic carbocycles. The predicted molar refractivity (Wildman–Crippen MR) is 56.7 cm³/mol. The van der Waals surface area contributed by atoms with Gasteiger partial charge in [0.15, 0.2) is 0 Å². The fourth-order valence-electron chi connectivity index (χ4n) is 3.16. The zero-order valence-corrected chi connectivity index (χ0v) is 8.89. The second-order valence-electron chi connectivity index (χ2n) is 5.16. The maximum Gasteiger partial charge on any atom is -0.00176 e. The number of nitrogens with one attached hydrogen (secondary N) is 1. The third kappa shape index (κ3) is 2.46. The van der Waals surface area contributed by atoms with Crippen LogP contribution in [0.4, 0.5) is 0 Å². The van der Waals surface area contributed by atoms with Gasteiger partial charge in [-0.25, -0.2) is 0 Å². The van der Waals surface area contributed by atoms with Gasteiger partial charge in [0.25, 0.3) is 0 Å². The number of hydrogen-bond donors (Lipinski definition) is 1. The Morgan fingerprint density at radius 2 is 1.69 bits per heavy atom. The summed E-state index contributed by atoms with van der Waals surface area (Å²) in [6.07, 6.45) is 8.99. The monoisotopic (exact) mass is 181 g/mol. The molecule has 13 heavy (non-hydrogen) atoms. The zero-order chi connectivity index (χ0) is 9.10. The predicted octanol–water partition coefficient (Wildman–Crippen LogP) is 2.81. The fraction of sp³-hybridized carbons (Fsp3) is 1.00. The normalized spacial score (nSPS) is 37.6. The third-order valence-electron chi connectivity index (χ3n) is 3.92. The van der Waals surface area contributed by atoms with Crippen LogP contribution < -0.4 is 5.32 Å². The van der Waals surface area contributed by atoms with E-state index in [-0.39, 0.29) is 0 Å². The molecule has 2 atom stereocenters. The average molecular weight is 181 g/mol. The van der Waals surface area contributed by atoms with Crippen LogP contribution in [-0.2, 0) is 0 Å². The highest BCUT2D eigenvalue weighted by Crippen LogP contribution is 2.34. The molecule has 0 aromatic rings. The molecule has 1 aliphatic heterocycles. The minimum atomic E-state index is 0.917. The van der Waals surface area contributed by atoms with Crippen LogP contribution in [0.2, 0.25) is 0 Å². The Kier molecular flexibility index (Phi) is 3.26. The molecule has 1 nitrogen and oxygen atoms in total. The number of hydrogen-bond acceptors (Lipinski definition) is 1. The molecule has 0 bridgehead atoms. The summed E-state index contributed by atoms with van der Waals surface area (Å²) in [5.41, 5.74) is 0. The van der Waals surface area contributed by atoms with Crippen molar-refractivity contribution in [3.8, 4) is 0 Å². The van der Waals surface area contributed by atoms with E-state index < -0.39 is 0 Å². The molecule has 2 rings (SSSR count). The van der Waals surface area contributed by atoms with Crippen LogP contribution in [0.1, 0.15) is 45.4 Å². The summed E-state index contributed by atoms with van der Waals surface area (Å²) in [6.45, 7) is 4.94. The Morgan fingerprint density at radius 1 is 0.923 bits per heavy atom. The van der Waals surface area contributed by atoms with Gasteiger partial charge in [-0.2, -0.15) is 0 Å². The van der Waals surface area contributed by atoms with Crippen LogP contribution in [0.5, 0.6) is 0 Å². The molecule has 2 aliphatic rings. The summed E-state index contributed by atoms with van der Waals surface area (Å²) >= 11 is 0. The summed E-state index contributed by atoms with van der Waals surface area (Å²) in [4.78, 5) is 0. The second-order valence-corrected chi connectivity index (χ2v) is 5.16. The molecule has 1 N–H and O–H groups in total. The summed E-state index contributed by atoms with van der Waals surface area (Å²) in [6, 6.07) is 0. The van der Waals surface area contributed by atoms with Crippen molar-refractivity contribution in [1.29, 1.82) is 0 Å². The molecule has 2 fully saturated rings. The molecular formula is C12H23N. The summed E-state index contributed by atoms with van der Waals surface area (Å²) in [7, 11) is 0. The lowest BCUT2D eigenvalue weighted by Crippen LogP contribution is -2.38. The maximum absolute atomic E-state index is 3.58. The number of rotatable bonds is 1. The van der Waals surface area contributed by atoms with Crippen molar-refractivity contribution in [1.82, 2.24) is 5.32 Å². The van der Waals surface area contributed by atoms with Crippen LogP contribution in [-0.4, -0.2) is 13.1 Å². The van der Waals surface area contributed by atoms with Crippen LogP contribution in [0.15, 0.2) is 0 Å². The minimum Gasteiger partial charge on any atom is -0.316 e. The van der Waals surface area contributed by atoms with Gasteiger partial charge in [-0.15, -0.1) is 0 Å². The zero-order valence-electron chi connectivity index (χ0n) is 8.89. The van der Waals surface area contributed by atoms with E-state index in [4.69, 9.17) is 0 Å². The van der Waals surface area contributed by atoms with E-state index >= 15 is 0 Å². The molecule has 2 unspecified atom stereocenters. The molecule has 1 heterocycles. The second kappa shape index (κ2) is 4.45. The van der Waals surface area contributed by atoms with Crippen molar-refractivity contribution in [2.75, 3.05) is 13.1 Å². The first-order valence-corrected chi connectivity index (χ1v) is 6.07. The summed E-state index contributed by atoms with van der Waals surface area (Å²) in [5, 5.41) is 3.58. The van der Waals surface area contributed by atoms with Crippen molar-refractivity contribution in [2.45, 2.75) is 45.4 Å². The molecule has 1 saturated carbocycles. The molecule has 0 amide bonds. The van der Waals surface area contributed by atoms with Crippen molar-refractivity contribution >= 4 is 0 Å². The van der Waals surface area contributed by atoms with Crippen LogP contribution >= 0.6 is 0 Å². The Hall–Kier alpha value is -0.0400. The van der Waals surface area contributed by atoms with Crippen molar-refractivity contribution in [3.05, 3.63) is 0 Å². The highest BCUT2D eigenvalue weighted by Gasteiger charge is 2.27. The Balaban J connectivity index is 1.83. The Morgan fingerprint density at radius 3 is 2.38 bits per heavy atom. The van der Waals surface area contributed by atoms with E-state index in [9.17, 15) is 0 Å². The summed E-state index contributed by atoms with van der Waals surface area (Å²) < 4.78 is 0. The Labute approximate surface area is 82.3 Å². The fourth-order valence-corrected chi connectivity index (χ4v) is 3.16. The van der Waals surface area contributed by atoms with Gasteiger partial charge in [0.05, 0.1) is 0 Å². The first-order valence-electron chi connectivity index (χ1n) is 6.07. The third-order valence-corrected chi connectivity index (χ3v) is 3.92. The van der Waals surface area contributed by atoms with Gasteiger partial charge >= 0.3 is 0 Å². The van der Waals surface area contributed by atoms with E-state index in [2.05, 4.69) is 12.2 Å². The molecule has 76 valence electrons. The topological polar surface area (TPSA) is 12.0 Å². The van der Waals surface area contributed by atoms with Gasteiger partial charge in [-0.05, 0) is 37.3 Å². The van der Waals surface area contributed by atoms with Crippen LogP contribution in [0, 0.1) is 17.8 Å². The number of piperidine rings is 1. The first kappa shape index (κ1) is 9.51. The minimum absolute atomic E-state index is 0.917. The smallest absolute Gasteiger partial charge is 0.00176 e. The van der Waals surface area contributed by atoms with Gasteiger partial charge in [0.1, 0.15) is 0 Å². The van der Waals surface area contributed by atoms with Crippen molar-refractivity contribution < 1.29 is 0 Å². The summed E-state index contributed by atoms with van der Waals surface area (Å²) in [5.74, 6) is 2.98. The standard InChI is InChI=1S/C12H23N/c1-10-7-12(9-13-8-10)11-5-3-2-4-6-11/h10-13H,2-9H2,1H3. The highest BCUT2D eigenvalue weighted by molar-refractivity contribution is 4.81. The van der Waals surface area contributed by atoms with Crippen LogP contribution in [0.3, 0.4) is 0 Å². The van der Waals surface area contributed by atoms with E-state index in [1.54, 1.807) is 0 Å². The van der Waals surface area contributed by atoms with Gasteiger partial charge in [-0.3, -0.25) is 0 Å². The molecule has 0 aromatic heterocycles. The van der Waals surface area contributed by atoms with E-state index in [0.717, 1.165) is 17.8 Å². The van der Waals surface area contributed by atoms with E-state index in [0.29, 0.717) is 0 Å². The quantitative estimate of drug-likeness (QED) is 0.656. The van der Waals surface area contributed by atoms with Crippen molar-refractivity contribution in [3.63, 3.8) is 0 Å². The maximum atomic E-state index is 3.58. The van der Waals surface area contributed by atoms with Gasteiger partial charge in [0.2, 0.25) is 0 Å². The van der Waals surface area contributed by atoms with Crippen molar-refractivity contribution in [2.24, 2.45) is 17.8 Å². The molecule has 0 spiro atoms. The van der Waals surface area contributed by atoms with E-state index in [1.807, 2.05) is 0 Å². The van der Waals surface area contributed by atoms with E-state index in [1.165, 1.54) is 51.6 Å². The average Bonchev–Trinajstić information content (AvgIpc) is 2.19. The molecular weight excluding hydrogens is 158 g/mol.